The van der Waals surface area contributed by atoms with Crippen LogP contribution in [0.2, 0.25) is 0 Å². The van der Waals surface area contributed by atoms with Gasteiger partial charge < -0.3 is 32.6 Å². The third kappa shape index (κ3) is 11.7. The van der Waals surface area contributed by atoms with Crippen LogP contribution in [0.4, 0.5) is 0 Å². The number of nitrogens with one attached hydrogen (secondary N) is 2. The van der Waals surface area contributed by atoms with Gasteiger partial charge in [-0.2, -0.15) is 10.2 Å². The molecule has 0 saturated carbocycles. The molecule has 0 aliphatic carbocycles. The minimum atomic E-state index is -0.301. The van der Waals surface area contributed by atoms with Crippen LogP contribution in [0, 0.1) is 11.3 Å². The van der Waals surface area contributed by atoms with Crippen LogP contribution in [0.1, 0.15) is 94.3 Å². The molecule has 0 amide bonds. The Morgan fingerprint density at radius 2 is 1.76 bits per heavy atom. The highest BCUT2D eigenvalue weighted by atomic mass is 16.3. The summed E-state index contributed by atoms with van der Waals surface area (Å²) in [6.45, 7) is 15.7. The number of H-pyrrole nitrogens is 1. The van der Waals surface area contributed by atoms with E-state index in [1.165, 1.54) is 11.6 Å². The van der Waals surface area contributed by atoms with Gasteiger partial charge in [0, 0.05) is 41.9 Å². The Hall–Kier alpha value is -4.76. The monoisotopic (exact) mass is 681 g/mol. The van der Waals surface area contributed by atoms with Gasteiger partial charge in [-0.1, -0.05) is 65.8 Å². The third-order valence-electron chi connectivity index (χ3n) is 8.23. The number of aliphatic hydroxyl groups is 1. The highest BCUT2D eigenvalue weighted by Gasteiger charge is 2.21. The second-order valence-electron chi connectivity index (χ2n) is 14.5. The highest BCUT2D eigenvalue weighted by molar-refractivity contribution is 5.76. The van der Waals surface area contributed by atoms with Gasteiger partial charge in [-0.05, 0) is 96.3 Å². The number of aliphatic imine (C=N–C) groups is 1. The van der Waals surface area contributed by atoms with Crippen molar-refractivity contribution in [2.24, 2.45) is 22.2 Å². The molecule has 0 unspecified atom stereocenters. The van der Waals surface area contributed by atoms with E-state index >= 15 is 0 Å². The number of aliphatic hydroxyl groups excluding tert-OH is 1. The standard InChI is InChI=1S/C21H29N7O.C18H26N2O/c1-21(2,3)17-11-15-13-28(20(29)27-18(15)26-17)16-7-5-14(6-8-16)12-24-9-4-10-25-19(22)23;1-18(2,3)17-12-14(7-4-5-9-19)11-15(8-6-10-20)16(17)13-21/h5-8,11,13,24H,4,9-10,12H2,1-3H3,(H4,22,23,25)(H,26,27,29);6,8,11-12,21H,4-5,7,9,13,19H2,1-3H3/b;8-6+. The van der Waals surface area contributed by atoms with Gasteiger partial charge in [0.15, 0.2) is 5.96 Å². The first kappa shape index (κ1) is 39.7. The molecular weight excluding hydrogens is 626 g/mol. The van der Waals surface area contributed by atoms with Gasteiger partial charge >= 0.3 is 5.69 Å². The highest BCUT2D eigenvalue weighted by Crippen LogP contribution is 2.31. The number of nitriles is 1. The average molecular weight is 682 g/mol. The van der Waals surface area contributed by atoms with Crippen molar-refractivity contribution in [2.45, 2.75) is 91.2 Å². The Labute approximate surface area is 296 Å². The minimum Gasteiger partial charge on any atom is -0.392 e. The number of hydrogen-bond donors (Lipinski definition) is 6. The Morgan fingerprint density at radius 1 is 1.04 bits per heavy atom. The van der Waals surface area contributed by atoms with Crippen molar-refractivity contribution >= 4 is 23.1 Å². The predicted octanol–water partition coefficient (Wildman–Crippen LogP) is 5.06. The van der Waals surface area contributed by atoms with Crippen molar-refractivity contribution in [1.29, 1.82) is 5.26 Å². The Morgan fingerprint density at radius 3 is 2.36 bits per heavy atom. The van der Waals surface area contributed by atoms with Gasteiger partial charge in [0.05, 0.1) is 18.4 Å². The van der Waals surface area contributed by atoms with Crippen LogP contribution >= 0.6 is 0 Å². The lowest BCUT2D eigenvalue weighted by molar-refractivity contribution is 0.278. The number of guanidine groups is 1. The van der Waals surface area contributed by atoms with E-state index in [-0.39, 0.29) is 29.1 Å². The predicted molar refractivity (Wildman–Crippen MR) is 205 cm³/mol. The van der Waals surface area contributed by atoms with Crippen molar-refractivity contribution in [3.8, 4) is 11.8 Å². The summed E-state index contributed by atoms with van der Waals surface area (Å²) in [5.74, 6) is 0.123. The van der Waals surface area contributed by atoms with Crippen molar-refractivity contribution in [2.75, 3.05) is 19.6 Å². The van der Waals surface area contributed by atoms with E-state index < -0.39 is 0 Å². The fraction of sp³-hybridized carbons (Fsp3) is 0.436. The fourth-order valence-corrected chi connectivity index (χ4v) is 5.50. The molecule has 0 fully saturated rings. The largest absolute Gasteiger partial charge is 0.392 e. The minimum absolute atomic E-state index is 0.0131. The average Bonchev–Trinajstić information content (AvgIpc) is 3.49. The molecule has 0 radical (unpaired) electrons. The van der Waals surface area contributed by atoms with E-state index in [0.29, 0.717) is 18.7 Å². The van der Waals surface area contributed by atoms with E-state index in [0.717, 1.165) is 77.8 Å². The molecule has 50 heavy (non-hydrogen) atoms. The number of unbranched alkanes of at least 4 members (excludes halogenated alkanes) is 1. The summed E-state index contributed by atoms with van der Waals surface area (Å²) in [6.07, 6.45) is 8.99. The molecule has 9 N–H and O–H groups in total. The first-order valence-electron chi connectivity index (χ1n) is 17.2. The number of rotatable bonds is 13. The Bertz CT molecular complexity index is 1840. The summed E-state index contributed by atoms with van der Waals surface area (Å²) >= 11 is 0. The fourth-order valence-electron chi connectivity index (χ4n) is 5.50. The van der Waals surface area contributed by atoms with Crippen LogP contribution in [0.5, 0.6) is 0 Å². The van der Waals surface area contributed by atoms with Crippen LogP contribution < -0.4 is 28.2 Å². The maximum absolute atomic E-state index is 12.5. The number of aromatic amines is 1. The SMILES string of the molecule is CC(C)(C)c1cc(CCCCN)cc(/C=C/C#N)c1CO.CC(C)(C)c1cc2cn(-c3ccc(CNCCCN=C(N)N)cc3)c(=O)nc2[nH]1. The lowest BCUT2D eigenvalue weighted by Gasteiger charge is -2.25. The van der Waals surface area contributed by atoms with Gasteiger partial charge in [0.1, 0.15) is 5.65 Å². The lowest BCUT2D eigenvalue weighted by atomic mass is 9.80. The van der Waals surface area contributed by atoms with Gasteiger partial charge in [-0.3, -0.25) is 9.56 Å². The number of aryl methyl sites for hydroxylation is 1. The zero-order chi connectivity index (χ0) is 36.9. The quantitative estimate of drug-likeness (QED) is 0.0487. The van der Waals surface area contributed by atoms with E-state index in [1.54, 1.807) is 10.6 Å². The van der Waals surface area contributed by atoms with Gasteiger partial charge in [0.2, 0.25) is 0 Å². The topological polar surface area (TPSA) is 197 Å². The van der Waals surface area contributed by atoms with E-state index in [1.807, 2.05) is 36.5 Å². The zero-order valence-corrected chi connectivity index (χ0v) is 30.5. The molecule has 0 atom stereocenters. The lowest BCUT2D eigenvalue weighted by Crippen LogP contribution is -2.23. The van der Waals surface area contributed by atoms with Crippen molar-refractivity contribution < 1.29 is 5.11 Å². The second kappa shape index (κ2) is 18.3. The molecule has 4 aromatic rings. The van der Waals surface area contributed by atoms with Crippen molar-refractivity contribution in [3.63, 3.8) is 0 Å². The Balaban J connectivity index is 0.000000286. The smallest absolute Gasteiger partial charge is 0.354 e. The summed E-state index contributed by atoms with van der Waals surface area (Å²) in [4.78, 5) is 23.9. The van der Waals surface area contributed by atoms with Crippen molar-refractivity contribution in [3.05, 3.63) is 98.7 Å². The van der Waals surface area contributed by atoms with Crippen LogP contribution in [-0.2, 0) is 30.4 Å². The molecule has 2 aromatic heterocycles. The Kier molecular flexibility index (Phi) is 14.5. The van der Waals surface area contributed by atoms with Crippen molar-refractivity contribution in [1.82, 2.24) is 19.9 Å². The maximum atomic E-state index is 12.5. The van der Waals surface area contributed by atoms with E-state index in [9.17, 15) is 9.90 Å². The van der Waals surface area contributed by atoms with Crippen LogP contribution in [0.3, 0.4) is 0 Å². The number of nitrogens with two attached hydrogens (primary N) is 3. The summed E-state index contributed by atoms with van der Waals surface area (Å²) in [5, 5.41) is 22.8. The van der Waals surface area contributed by atoms with Gasteiger partial charge in [0.25, 0.3) is 0 Å². The van der Waals surface area contributed by atoms with Gasteiger partial charge in [-0.25, -0.2) is 4.79 Å². The number of aromatic nitrogens is 3. The van der Waals surface area contributed by atoms with Gasteiger partial charge in [-0.15, -0.1) is 0 Å². The molecule has 0 aliphatic heterocycles. The third-order valence-corrected chi connectivity index (χ3v) is 8.23. The van der Waals surface area contributed by atoms with Crippen LogP contribution in [0.15, 0.2) is 64.5 Å². The summed E-state index contributed by atoms with van der Waals surface area (Å²) < 4.78 is 1.58. The number of benzene rings is 2. The second-order valence-corrected chi connectivity index (χ2v) is 14.5. The molecule has 11 nitrogen and oxygen atoms in total. The zero-order valence-electron chi connectivity index (χ0n) is 30.5. The molecule has 2 heterocycles. The maximum Gasteiger partial charge on any atom is 0.354 e. The molecule has 0 bridgehead atoms. The van der Waals surface area contributed by atoms with E-state index in [2.05, 4.69) is 80.0 Å². The summed E-state index contributed by atoms with van der Waals surface area (Å²) in [7, 11) is 0. The first-order chi connectivity index (χ1) is 23.7. The molecule has 0 aliphatic rings. The number of allylic oxidation sites excluding steroid dienone is 1. The van der Waals surface area contributed by atoms with E-state index in [4.69, 9.17) is 22.5 Å². The molecule has 0 spiro atoms. The normalized spacial score (nSPS) is 11.7. The summed E-state index contributed by atoms with van der Waals surface area (Å²) in [6, 6.07) is 16.2. The molecule has 4 rings (SSSR count). The molecule has 11 heteroatoms. The molecule has 2 aromatic carbocycles. The number of fused-ring (bicyclic) bond motifs is 1. The van der Waals surface area contributed by atoms with Crippen LogP contribution in [0.25, 0.3) is 22.8 Å². The van der Waals surface area contributed by atoms with Crippen LogP contribution in [-0.4, -0.2) is 45.2 Å². The number of nitrogens with zero attached hydrogens (tertiary/aromatic N) is 4. The first-order valence-corrected chi connectivity index (χ1v) is 17.2. The molecule has 0 saturated heterocycles. The number of hydrogen-bond acceptors (Lipinski definition) is 7. The summed E-state index contributed by atoms with van der Waals surface area (Å²) in [5.41, 5.74) is 23.6. The molecule has 268 valence electrons. The molecular formula is C39H55N9O2.